The molecule has 1 aliphatic rings. The molecular weight excluding hydrogens is 226 g/mol. The van der Waals surface area contributed by atoms with E-state index in [0.29, 0.717) is 0 Å². The molecule has 18 heavy (non-hydrogen) atoms. The van der Waals surface area contributed by atoms with Gasteiger partial charge in [0.2, 0.25) is 0 Å². The highest BCUT2D eigenvalue weighted by molar-refractivity contribution is 5.80. The fourth-order valence-corrected chi connectivity index (χ4v) is 3.09. The van der Waals surface area contributed by atoms with Crippen LogP contribution in [0.2, 0.25) is 0 Å². The second kappa shape index (κ2) is 4.41. The Morgan fingerprint density at radius 2 is 2.22 bits per heavy atom. The first-order valence-electron chi connectivity index (χ1n) is 6.57. The highest BCUT2D eigenvalue weighted by Crippen LogP contribution is 2.39. The molecule has 1 saturated carbocycles. The number of aromatic nitrogens is 1. The number of nitrogens with one attached hydrogen (secondary N) is 1. The molecule has 0 saturated heterocycles. The summed E-state index contributed by atoms with van der Waals surface area (Å²) >= 11 is 0. The number of hydrogen-bond acceptors (Lipinski definition) is 2. The Hall–Kier alpha value is -1.32. The summed E-state index contributed by atoms with van der Waals surface area (Å²) in [5, 5.41) is 12.1. The number of H-pyrrole nitrogens is 1. The van der Waals surface area contributed by atoms with E-state index in [2.05, 4.69) is 11.1 Å². The van der Waals surface area contributed by atoms with Crippen molar-refractivity contribution in [3.8, 4) is 0 Å². The van der Waals surface area contributed by atoms with Crippen LogP contribution in [0, 0.1) is 0 Å². The largest absolute Gasteiger partial charge is 0.382 e. The number of aromatic amines is 1. The van der Waals surface area contributed by atoms with Gasteiger partial charge in [-0.2, -0.15) is 0 Å². The van der Waals surface area contributed by atoms with Gasteiger partial charge in [0.05, 0.1) is 6.10 Å². The van der Waals surface area contributed by atoms with Crippen molar-refractivity contribution < 1.29 is 9.84 Å². The first-order chi connectivity index (χ1) is 8.74. The lowest BCUT2D eigenvalue weighted by molar-refractivity contribution is -0.122. The smallest absolute Gasteiger partial charge is 0.116 e. The summed E-state index contributed by atoms with van der Waals surface area (Å²) in [6, 6.07) is 8.15. The molecule has 1 fully saturated rings. The molecule has 2 unspecified atom stereocenters. The second-order valence-electron chi connectivity index (χ2n) is 5.17. The van der Waals surface area contributed by atoms with E-state index in [4.69, 9.17) is 4.74 Å². The van der Waals surface area contributed by atoms with E-state index in [-0.39, 0.29) is 6.10 Å². The van der Waals surface area contributed by atoms with Crippen LogP contribution in [0.4, 0.5) is 0 Å². The minimum absolute atomic E-state index is 0.0948. The Morgan fingerprint density at radius 3 is 3.06 bits per heavy atom. The van der Waals surface area contributed by atoms with Gasteiger partial charge in [-0.25, -0.2) is 0 Å². The minimum Gasteiger partial charge on any atom is -0.382 e. The summed E-state index contributed by atoms with van der Waals surface area (Å²) in [5.74, 6) is 0. The molecule has 0 aliphatic heterocycles. The van der Waals surface area contributed by atoms with E-state index >= 15 is 0 Å². The molecule has 1 heterocycles. The monoisotopic (exact) mass is 245 g/mol. The summed E-state index contributed by atoms with van der Waals surface area (Å²) in [5.41, 5.74) is 1.24. The number of fused-ring (bicyclic) bond motifs is 1. The van der Waals surface area contributed by atoms with Crippen LogP contribution in [-0.2, 0) is 10.3 Å². The van der Waals surface area contributed by atoms with Gasteiger partial charge in [-0.05, 0) is 42.0 Å². The van der Waals surface area contributed by atoms with Crippen molar-refractivity contribution >= 4 is 10.9 Å². The van der Waals surface area contributed by atoms with E-state index in [1.807, 2.05) is 24.4 Å². The van der Waals surface area contributed by atoms with Gasteiger partial charge in [-0.1, -0.05) is 18.9 Å². The van der Waals surface area contributed by atoms with Gasteiger partial charge < -0.3 is 14.8 Å². The predicted molar refractivity (Wildman–Crippen MR) is 71.5 cm³/mol. The molecule has 1 aromatic heterocycles. The molecule has 1 aromatic carbocycles. The average molecular weight is 245 g/mol. The Morgan fingerprint density at radius 1 is 1.33 bits per heavy atom. The Kier molecular flexibility index (Phi) is 2.88. The van der Waals surface area contributed by atoms with Gasteiger partial charge in [0.25, 0.3) is 0 Å². The Bertz CT molecular complexity index is 548. The molecule has 3 nitrogen and oxygen atoms in total. The zero-order valence-electron chi connectivity index (χ0n) is 10.6. The summed E-state index contributed by atoms with van der Waals surface area (Å²) in [6.07, 6.45) is 5.73. The Balaban J connectivity index is 2.04. The molecule has 96 valence electrons. The lowest BCUT2D eigenvalue weighted by Crippen LogP contribution is -2.43. The van der Waals surface area contributed by atoms with Crippen molar-refractivity contribution in [1.29, 1.82) is 0 Å². The topological polar surface area (TPSA) is 45.2 Å². The summed E-state index contributed by atoms with van der Waals surface area (Å²) < 4.78 is 5.50. The standard InChI is InChI=1S/C15H19NO2/c1-18-14-4-2-3-8-15(14,17)12-5-6-13-11(10-12)7-9-16-13/h5-7,9-10,14,16-17H,2-4,8H2,1H3. The number of rotatable bonds is 2. The van der Waals surface area contributed by atoms with Crippen molar-refractivity contribution in [3.05, 3.63) is 36.0 Å². The highest BCUT2D eigenvalue weighted by Gasteiger charge is 2.40. The lowest BCUT2D eigenvalue weighted by Gasteiger charge is -2.39. The Labute approximate surface area is 107 Å². The van der Waals surface area contributed by atoms with Crippen LogP contribution in [0.3, 0.4) is 0 Å². The maximum absolute atomic E-state index is 11.0. The second-order valence-corrected chi connectivity index (χ2v) is 5.17. The molecule has 0 bridgehead atoms. The lowest BCUT2D eigenvalue weighted by atomic mass is 9.77. The predicted octanol–water partition coefficient (Wildman–Crippen LogP) is 2.94. The molecule has 1 aliphatic carbocycles. The van der Waals surface area contributed by atoms with Crippen molar-refractivity contribution in [2.45, 2.75) is 37.4 Å². The van der Waals surface area contributed by atoms with E-state index in [1.165, 1.54) is 0 Å². The molecule has 2 atom stereocenters. The van der Waals surface area contributed by atoms with Gasteiger partial charge in [-0.15, -0.1) is 0 Å². The highest BCUT2D eigenvalue weighted by atomic mass is 16.5. The molecule has 0 radical (unpaired) electrons. The van der Waals surface area contributed by atoms with Crippen LogP contribution in [0.15, 0.2) is 30.5 Å². The summed E-state index contributed by atoms with van der Waals surface area (Å²) in [7, 11) is 1.69. The summed E-state index contributed by atoms with van der Waals surface area (Å²) in [6.45, 7) is 0. The van der Waals surface area contributed by atoms with Crippen LogP contribution >= 0.6 is 0 Å². The third-order valence-electron chi connectivity index (χ3n) is 4.14. The molecule has 3 heteroatoms. The van der Waals surface area contributed by atoms with Crippen LogP contribution in [0.1, 0.15) is 31.2 Å². The van der Waals surface area contributed by atoms with Gasteiger partial charge in [0.15, 0.2) is 0 Å². The third-order valence-corrected chi connectivity index (χ3v) is 4.14. The van der Waals surface area contributed by atoms with Gasteiger partial charge >= 0.3 is 0 Å². The van der Waals surface area contributed by atoms with Gasteiger partial charge in [0.1, 0.15) is 5.60 Å². The van der Waals surface area contributed by atoms with Gasteiger partial charge in [0, 0.05) is 18.8 Å². The van der Waals surface area contributed by atoms with E-state index in [1.54, 1.807) is 7.11 Å². The van der Waals surface area contributed by atoms with E-state index < -0.39 is 5.60 Å². The molecule has 0 spiro atoms. The quantitative estimate of drug-likeness (QED) is 0.854. The maximum Gasteiger partial charge on any atom is 0.116 e. The van der Waals surface area contributed by atoms with Crippen molar-refractivity contribution in [1.82, 2.24) is 4.98 Å². The van der Waals surface area contributed by atoms with Crippen LogP contribution in [-0.4, -0.2) is 23.3 Å². The molecule has 0 amide bonds. The normalized spacial score (nSPS) is 28.7. The van der Waals surface area contributed by atoms with Crippen molar-refractivity contribution in [3.63, 3.8) is 0 Å². The molecule has 2 aromatic rings. The SMILES string of the molecule is COC1CCCCC1(O)c1ccc2[nH]ccc2c1. The van der Waals surface area contributed by atoms with Crippen LogP contribution < -0.4 is 0 Å². The van der Waals surface area contributed by atoms with Crippen LogP contribution in [0.5, 0.6) is 0 Å². The molecule has 3 rings (SSSR count). The zero-order valence-corrected chi connectivity index (χ0v) is 10.6. The van der Waals surface area contributed by atoms with Crippen molar-refractivity contribution in [2.24, 2.45) is 0 Å². The van der Waals surface area contributed by atoms with Crippen LogP contribution in [0.25, 0.3) is 10.9 Å². The maximum atomic E-state index is 11.0. The van der Waals surface area contributed by atoms with Crippen molar-refractivity contribution in [2.75, 3.05) is 7.11 Å². The fraction of sp³-hybridized carbons (Fsp3) is 0.467. The number of benzene rings is 1. The first-order valence-corrected chi connectivity index (χ1v) is 6.57. The third kappa shape index (κ3) is 1.74. The number of ether oxygens (including phenoxy) is 1. The fourth-order valence-electron chi connectivity index (χ4n) is 3.09. The van der Waals surface area contributed by atoms with E-state index in [9.17, 15) is 5.11 Å². The minimum atomic E-state index is -0.835. The summed E-state index contributed by atoms with van der Waals surface area (Å²) in [4.78, 5) is 3.17. The number of methoxy groups -OCH3 is 1. The number of hydrogen-bond donors (Lipinski definition) is 2. The van der Waals surface area contributed by atoms with Gasteiger partial charge in [-0.3, -0.25) is 0 Å². The molecule has 2 N–H and O–H groups in total. The zero-order chi connectivity index (χ0) is 12.6. The molecular formula is C15H19NO2. The van der Waals surface area contributed by atoms with E-state index in [0.717, 1.165) is 42.1 Å². The first kappa shape index (κ1) is 11.8. The average Bonchev–Trinajstić information content (AvgIpc) is 2.86. The number of aliphatic hydroxyl groups is 1.